The van der Waals surface area contributed by atoms with Gasteiger partial charge in [-0.05, 0) is 68.4 Å². The third kappa shape index (κ3) is 3.02. The van der Waals surface area contributed by atoms with Crippen LogP contribution in [0, 0.1) is 10.8 Å². The third-order valence-electron chi connectivity index (χ3n) is 7.93. The molecule has 0 unspecified atom stereocenters. The number of aromatic nitrogens is 3. The van der Waals surface area contributed by atoms with Crippen molar-refractivity contribution < 1.29 is 0 Å². The highest BCUT2D eigenvalue weighted by Crippen LogP contribution is 2.57. The Kier molecular flexibility index (Phi) is 4.54. The number of hydrogen-bond acceptors (Lipinski definition) is 4. The molecule has 0 spiro atoms. The quantitative estimate of drug-likeness (QED) is 0.632. The van der Waals surface area contributed by atoms with Crippen LogP contribution in [0.5, 0.6) is 0 Å². The molecule has 5 heteroatoms. The largest absolute Gasteiger partial charge is 0.382 e. The lowest BCUT2D eigenvalue weighted by Crippen LogP contribution is -2.47. The molecule has 2 bridgehead atoms. The number of aryl methyl sites for hydroxylation is 1. The zero-order chi connectivity index (χ0) is 20.1. The molecule has 29 heavy (non-hydrogen) atoms. The van der Waals surface area contributed by atoms with Gasteiger partial charge in [0.2, 0.25) is 0 Å². The molecule has 0 atom stereocenters. The average molecular weight is 392 g/mol. The average Bonchev–Trinajstić information content (AvgIpc) is 3.12. The molecule has 6 rings (SSSR count). The smallest absolute Gasteiger partial charge is 0.152 e. The maximum Gasteiger partial charge on any atom is 0.152 e. The molecule has 3 aliphatic carbocycles. The fourth-order valence-corrected chi connectivity index (χ4v) is 5.82. The number of rotatable bonds is 6. The Morgan fingerprint density at radius 3 is 2.38 bits per heavy atom. The van der Waals surface area contributed by atoms with Crippen LogP contribution in [-0.2, 0) is 13.0 Å². The molecule has 3 aliphatic rings. The fraction of sp³-hybridized carbons (Fsp3) is 0.583. The van der Waals surface area contributed by atoms with E-state index in [1.807, 2.05) is 6.07 Å². The first-order chi connectivity index (χ1) is 14.1. The number of imidazole rings is 1. The number of para-hydroxylation sites is 1. The number of nitrogens with zero attached hydrogens (tertiary/aromatic N) is 3. The minimum Gasteiger partial charge on any atom is -0.382 e. The number of nitrogen functional groups attached to an aromatic ring is 1. The summed E-state index contributed by atoms with van der Waals surface area (Å²) >= 11 is 0. The van der Waals surface area contributed by atoms with Gasteiger partial charge in [0.25, 0.3) is 0 Å². The van der Waals surface area contributed by atoms with E-state index in [1.54, 1.807) is 0 Å². The van der Waals surface area contributed by atoms with E-state index < -0.39 is 0 Å². The molecule has 4 N–H and O–H groups in total. The van der Waals surface area contributed by atoms with Gasteiger partial charge in [-0.25, -0.2) is 9.97 Å². The molecule has 2 heterocycles. The molecule has 0 aliphatic heterocycles. The summed E-state index contributed by atoms with van der Waals surface area (Å²) in [5, 5.41) is 1.17. The van der Waals surface area contributed by atoms with Gasteiger partial charge in [-0.2, -0.15) is 0 Å². The summed E-state index contributed by atoms with van der Waals surface area (Å²) in [6.07, 6.45) is 11.0. The van der Waals surface area contributed by atoms with Crippen molar-refractivity contribution in [1.29, 1.82) is 0 Å². The number of benzene rings is 1. The molecule has 3 saturated carbocycles. The van der Waals surface area contributed by atoms with E-state index in [9.17, 15) is 0 Å². The Labute approximate surface area is 172 Å². The van der Waals surface area contributed by atoms with Gasteiger partial charge in [0.15, 0.2) is 5.82 Å². The van der Waals surface area contributed by atoms with Crippen LogP contribution in [0.15, 0.2) is 24.3 Å². The summed E-state index contributed by atoms with van der Waals surface area (Å²) in [6, 6.07) is 8.36. The van der Waals surface area contributed by atoms with Crippen molar-refractivity contribution in [1.82, 2.24) is 14.5 Å². The second kappa shape index (κ2) is 6.98. The summed E-state index contributed by atoms with van der Waals surface area (Å²) in [4.78, 5) is 9.67. The van der Waals surface area contributed by atoms with Crippen molar-refractivity contribution in [2.75, 3.05) is 12.3 Å². The summed E-state index contributed by atoms with van der Waals surface area (Å²) in [5.41, 5.74) is 16.4. The Hall–Kier alpha value is -2.14. The van der Waals surface area contributed by atoms with Gasteiger partial charge in [-0.3, -0.25) is 0 Å². The Morgan fingerprint density at radius 1 is 1.00 bits per heavy atom. The molecule has 0 amide bonds. The van der Waals surface area contributed by atoms with Gasteiger partial charge in [-0.1, -0.05) is 31.5 Å². The third-order valence-corrected chi connectivity index (χ3v) is 7.93. The van der Waals surface area contributed by atoms with Crippen molar-refractivity contribution in [3.8, 4) is 0 Å². The number of nitrogens with two attached hydrogens (primary N) is 2. The Balaban J connectivity index is 1.63. The van der Waals surface area contributed by atoms with E-state index in [1.165, 1.54) is 61.7 Å². The van der Waals surface area contributed by atoms with Crippen LogP contribution in [0.2, 0.25) is 0 Å². The predicted molar refractivity (Wildman–Crippen MR) is 120 cm³/mol. The van der Waals surface area contributed by atoms with E-state index in [0.717, 1.165) is 37.0 Å². The van der Waals surface area contributed by atoms with Crippen molar-refractivity contribution in [2.45, 2.75) is 71.3 Å². The second-order valence-electron chi connectivity index (χ2n) is 9.63. The predicted octanol–water partition coefficient (Wildman–Crippen LogP) is 4.81. The van der Waals surface area contributed by atoms with Gasteiger partial charge < -0.3 is 16.0 Å². The fourth-order valence-electron chi connectivity index (χ4n) is 5.82. The van der Waals surface area contributed by atoms with Gasteiger partial charge >= 0.3 is 0 Å². The van der Waals surface area contributed by atoms with Crippen LogP contribution < -0.4 is 11.5 Å². The molecule has 0 saturated heterocycles. The number of anilines is 1. The minimum absolute atomic E-state index is 0.380. The van der Waals surface area contributed by atoms with E-state index in [4.69, 9.17) is 16.5 Å². The molecule has 5 nitrogen and oxygen atoms in total. The van der Waals surface area contributed by atoms with Gasteiger partial charge in [0, 0.05) is 18.4 Å². The molecule has 0 radical (unpaired) electrons. The van der Waals surface area contributed by atoms with Crippen molar-refractivity contribution in [3.63, 3.8) is 0 Å². The Morgan fingerprint density at radius 2 is 1.69 bits per heavy atom. The first-order valence-corrected chi connectivity index (χ1v) is 11.3. The molecule has 2 aromatic heterocycles. The molecular formula is C24H33N5. The van der Waals surface area contributed by atoms with Crippen LogP contribution >= 0.6 is 0 Å². The second-order valence-corrected chi connectivity index (χ2v) is 9.63. The first-order valence-electron chi connectivity index (χ1n) is 11.3. The number of pyridine rings is 1. The summed E-state index contributed by atoms with van der Waals surface area (Å²) in [5.74, 6) is 1.74. The van der Waals surface area contributed by atoms with Gasteiger partial charge in [0.1, 0.15) is 11.3 Å². The SMILES string of the molecule is CCCCc1nc2c(N)nc3ccccc3c2n1CC12CCC(CN)(CC1)CC2. The summed E-state index contributed by atoms with van der Waals surface area (Å²) in [6.45, 7) is 4.15. The standard InChI is InChI=1S/C24H33N5/c1-2-3-8-19-28-20-21(17-6-4-5-7-18(17)27-22(20)26)29(19)16-24-12-9-23(15-25,10-13-24)11-14-24/h4-7H,2-3,8-16,25H2,1H3,(H2,26,27). The first kappa shape index (κ1) is 18.9. The summed E-state index contributed by atoms with van der Waals surface area (Å²) < 4.78 is 2.52. The van der Waals surface area contributed by atoms with Crippen LogP contribution in [0.25, 0.3) is 21.9 Å². The minimum atomic E-state index is 0.380. The lowest BCUT2D eigenvalue weighted by Gasteiger charge is -2.53. The van der Waals surface area contributed by atoms with E-state index in [0.29, 0.717) is 16.6 Å². The highest BCUT2D eigenvalue weighted by atomic mass is 15.1. The molecule has 3 aromatic rings. The maximum atomic E-state index is 6.37. The van der Waals surface area contributed by atoms with Crippen molar-refractivity contribution in [3.05, 3.63) is 30.1 Å². The number of hydrogen-bond donors (Lipinski definition) is 2. The zero-order valence-electron chi connectivity index (χ0n) is 17.6. The molecule has 3 fully saturated rings. The van der Waals surface area contributed by atoms with Crippen molar-refractivity contribution >= 4 is 27.8 Å². The number of unbranched alkanes of at least 4 members (excludes halogenated alkanes) is 1. The van der Waals surface area contributed by atoms with E-state index >= 15 is 0 Å². The normalized spacial score (nSPS) is 26.6. The molecular weight excluding hydrogens is 358 g/mol. The monoisotopic (exact) mass is 391 g/mol. The maximum absolute atomic E-state index is 6.37. The van der Waals surface area contributed by atoms with Gasteiger partial charge in [-0.15, -0.1) is 0 Å². The molecule has 1 aromatic carbocycles. The highest BCUT2D eigenvalue weighted by Gasteiger charge is 2.48. The zero-order valence-corrected chi connectivity index (χ0v) is 17.6. The lowest BCUT2D eigenvalue weighted by atomic mass is 9.53. The van der Waals surface area contributed by atoms with Gasteiger partial charge in [0.05, 0.1) is 11.0 Å². The lowest BCUT2D eigenvalue weighted by molar-refractivity contribution is -0.0138. The van der Waals surface area contributed by atoms with Crippen LogP contribution in [0.3, 0.4) is 0 Å². The van der Waals surface area contributed by atoms with Crippen LogP contribution in [0.1, 0.15) is 64.1 Å². The van der Waals surface area contributed by atoms with Crippen molar-refractivity contribution in [2.24, 2.45) is 16.6 Å². The topological polar surface area (TPSA) is 82.8 Å². The highest BCUT2D eigenvalue weighted by molar-refractivity contribution is 6.06. The number of fused-ring (bicyclic) bond motifs is 6. The molecule has 154 valence electrons. The van der Waals surface area contributed by atoms with E-state index in [-0.39, 0.29) is 0 Å². The van der Waals surface area contributed by atoms with E-state index in [2.05, 4.69) is 34.7 Å². The summed E-state index contributed by atoms with van der Waals surface area (Å²) in [7, 11) is 0. The Bertz CT molecular complexity index is 1030. The van der Waals surface area contributed by atoms with Crippen LogP contribution in [-0.4, -0.2) is 21.1 Å². The van der Waals surface area contributed by atoms with Crippen LogP contribution in [0.4, 0.5) is 5.82 Å².